The van der Waals surface area contributed by atoms with Crippen molar-refractivity contribution >= 4 is 52.3 Å². The molecule has 7 amide bonds. The van der Waals surface area contributed by atoms with E-state index < -0.39 is 65.8 Å². The van der Waals surface area contributed by atoms with Crippen LogP contribution in [0, 0.1) is 0 Å². The molecule has 1 fully saturated rings. The summed E-state index contributed by atoms with van der Waals surface area (Å²) in [4.78, 5) is 86.1. The second kappa shape index (κ2) is 24.0. The largest absolute Gasteiger partial charge is 0.370 e. The first-order valence-corrected chi connectivity index (χ1v) is 22.0. The van der Waals surface area contributed by atoms with E-state index in [1.54, 1.807) is 0 Å². The van der Waals surface area contributed by atoms with Crippen LogP contribution in [-0.4, -0.2) is 84.8 Å². The number of nitrogens with one attached hydrogen (secondary N) is 6. The maximum Gasteiger partial charge on any atom is 0.315 e. The molecule has 0 aliphatic heterocycles. The molecule has 16 nitrogen and oxygen atoms in total. The van der Waals surface area contributed by atoms with Crippen LogP contribution in [0.4, 0.5) is 4.79 Å². The SMILES string of the molecule is CCCCNC(=O)NC1(C(=O)NC(Cc2ccccc2)C(=O)NC(CCCN=C(N)N)C(=O)NC(Cc2ccc3ccccc3c2)C(=O)NCC(N)=O)CCC(c2ccccc2)CC1. The van der Waals surface area contributed by atoms with E-state index in [1.807, 2.05) is 97.9 Å². The number of urea groups is 1. The van der Waals surface area contributed by atoms with Crippen molar-refractivity contribution in [3.05, 3.63) is 120 Å². The number of hydrogen-bond acceptors (Lipinski definition) is 7. The zero-order valence-corrected chi connectivity index (χ0v) is 36.4. The van der Waals surface area contributed by atoms with Gasteiger partial charge in [0.2, 0.25) is 29.5 Å². The minimum absolute atomic E-state index is 0.0504. The molecule has 1 aliphatic rings. The van der Waals surface area contributed by atoms with Crippen molar-refractivity contribution in [3.8, 4) is 0 Å². The predicted octanol–water partition coefficient (Wildman–Crippen LogP) is 2.93. The van der Waals surface area contributed by atoms with Crippen LogP contribution in [0.15, 0.2) is 108 Å². The molecule has 0 heterocycles. The number of benzene rings is 4. The lowest BCUT2D eigenvalue weighted by Gasteiger charge is -2.40. The van der Waals surface area contributed by atoms with Gasteiger partial charge in [-0.25, -0.2) is 4.79 Å². The fourth-order valence-electron chi connectivity index (χ4n) is 8.00. The van der Waals surface area contributed by atoms with Gasteiger partial charge in [-0.2, -0.15) is 0 Å². The molecule has 340 valence electrons. The number of hydrogen-bond donors (Lipinski definition) is 9. The van der Waals surface area contributed by atoms with Crippen molar-refractivity contribution < 1.29 is 28.8 Å². The van der Waals surface area contributed by atoms with Gasteiger partial charge in [-0.3, -0.25) is 29.0 Å². The average Bonchev–Trinajstić information content (AvgIpc) is 3.29. The summed E-state index contributed by atoms with van der Waals surface area (Å²) in [5, 5.41) is 18.9. The van der Waals surface area contributed by atoms with Crippen molar-refractivity contribution in [2.75, 3.05) is 19.6 Å². The molecule has 1 saturated carbocycles. The summed E-state index contributed by atoms with van der Waals surface area (Å²) in [7, 11) is 0. The molecule has 0 saturated heterocycles. The zero-order valence-electron chi connectivity index (χ0n) is 36.4. The van der Waals surface area contributed by atoms with Gasteiger partial charge in [0.1, 0.15) is 23.7 Å². The number of nitrogens with two attached hydrogens (primary N) is 3. The van der Waals surface area contributed by atoms with E-state index in [2.05, 4.69) is 49.0 Å². The first-order chi connectivity index (χ1) is 30.9. The number of nitrogens with zero attached hydrogens (tertiary/aromatic N) is 1. The van der Waals surface area contributed by atoms with Crippen molar-refractivity contribution in [1.82, 2.24) is 31.9 Å². The standard InChI is InChI=1S/C48H62N10O6/c1-2-3-26-53-47(64)58-48(24-22-36(23-25-48)34-15-8-5-9-16-34)45(63)57-40(29-32-13-6-4-7-14-32)44(62)55-38(19-12-27-52-46(50)51)43(61)56-39(42(60)54-31-41(49)59)30-33-20-21-35-17-10-11-18-37(35)28-33/h4-11,13-18,20-21,28,36,38-40H,2-3,12,19,22-27,29-31H2,1H3,(H2,49,59)(H,54,60)(H,55,62)(H,56,61)(H,57,63)(H4,50,51,52)(H2,53,58,64). The lowest BCUT2D eigenvalue weighted by molar-refractivity contribution is -0.135. The first-order valence-electron chi connectivity index (χ1n) is 22.0. The van der Waals surface area contributed by atoms with Crippen LogP contribution in [-0.2, 0) is 36.8 Å². The van der Waals surface area contributed by atoms with E-state index in [1.165, 1.54) is 0 Å². The number of aliphatic imine (C=N–C) groups is 1. The minimum Gasteiger partial charge on any atom is -0.370 e. The Balaban J connectivity index is 1.41. The summed E-state index contributed by atoms with van der Waals surface area (Å²) in [6.45, 7) is 2.15. The molecule has 4 aromatic rings. The van der Waals surface area contributed by atoms with E-state index in [9.17, 15) is 28.8 Å². The second-order valence-electron chi connectivity index (χ2n) is 16.4. The number of unbranched alkanes of at least 4 members (excludes halogenated alkanes) is 1. The molecule has 1 aliphatic carbocycles. The Morgan fingerprint density at radius 1 is 0.672 bits per heavy atom. The third-order valence-corrected chi connectivity index (χ3v) is 11.5. The molecule has 5 rings (SSSR count). The second-order valence-corrected chi connectivity index (χ2v) is 16.4. The van der Waals surface area contributed by atoms with Gasteiger partial charge in [-0.05, 0) is 78.3 Å². The fourth-order valence-corrected chi connectivity index (χ4v) is 8.00. The third kappa shape index (κ3) is 14.6. The molecule has 0 spiro atoms. The Bertz CT molecular complexity index is 2230. The van der Waals surface area contributed by atoms with Gasteiger partial charge in [-0.1, -0.05) is 116 Å². The Morgan fingerprint density at radius 3 is 1.95 bits per heavy atom. The van der Waals surface area contributed by atoms with Crippen molar-refractivity contribution in [2.24, 2.45) is 22.2 Å². The Kier molecular flexibility index (Phi) is 18.0. The molecule has 0 bridgehead atoms. The summed E-state index contributed by atoms with van der Waals surface area (Å²) in [6, 6.07) is 28.5. The van der Waals surface area contributed by atoms with Crippen LogP contribution in [0.1, 0.15) is 80.9 Å². The zero-order chi connectivity index (χ0) is 45.9. The number of primary amides is 1. The van der Waals surface area contributed by atoms with Gasteiger partial charge in [0, 0.05) is 25.9 Å². The molecule has 3 unspecified atom stereocenters. The maximum atomic E-state index is 14.7. The van der Waals surface area contributed by atoms with Gasteiger partial charge in [0.05, 0.1) is 6.54 Å². The van der Waals surface area contributed by atoms with Gasteiger partial charge in [-0.15, -0.1) is 0 Å². The molecule has 0 radical (unpaired) electrons. The van der Waals surface area contributed by atoms with E-state index in [4.69, 9.17) is 17.2 Å². The molecule has 4 aromatic carbocycles. The van der Waals surface area contributed by atoms with Crippen molar-refractivity contribution in [2.45, 2.75) is 101 Å². The molecule has 12 N–H and O–H groups in total. The lowest BCUT2D eigenvalue weighted by Crippen LogP contribution is -2.65. The number of guanidine groups is 1. The first kappa shape index (κ1) is 48.1. The van der Waals surface area contributed by atoms with E-state index in [-0.39, 0.29) is 44.1 Å². The molecular weight excluding hydrogens is 813 g/mol. The van der Waals surface area contributed by atoms with Gasteiger partial charge in [0.15, 0.2) is 5.96 Å². The predicted molar refractivity (Wildman–Crippen MR) is 248 cm³/mol. The van der Waals surface area contributed by atoms with Gasteiger partial charge < -0.3 is 49.1 Å². The highest BCUT2D eigenvalue weighted by molar-refractivity contribution is 5.97. The number of carbonyl (C=O) groups is 6. The summed E-state index contributed by atoms with van der Waals surface area (Å²) in [6.07, 6.45) is 3.96. The number of fused-ring (bicyclic) bond motifs is 1. The Hall–Kier alpha value is -6.97. The van der Waals surface area contributed by atoms with E-state index >= 15 is 0 Å². The molecule has 3 atom stereocenters. The maximum absolute atomic E-state index is 14.7. The van der Waals surface area contributed by atoms with E-state index in [0.29, 0.717) is 32.2 Å². The summed E-state index contributed by atoms with van der Waals surface area (Å²) >= 11 is 0. The number of amides is 7. The molecular formula is C48H62N10O6. The normalized spacial score (nSPS) is 17.1. The smallest absolute Gasteiger partial charge is 0.315 e. The average molecular weight is 875 g/mol. The quantitative estimate of drug-likeness (QED) is 0.0321. The summed E-state index contributed by atoms with van der Waals surface area (Å²) < 4.78 is 0. The topological polar surface area (TPSA) is 265 Å². The Labute approximate surface area is 374 Å². The van der Waals surface area contributed by atoms with Crippen LogP contribution in [0.25, 0.3) is 10.8 Å². The van der Waals surface area contributed by atoms with Crippen molar-refractivity contribution in [1.29, 1.82) is 0 Å². The van der Waals surface area contributed by atoms with Crippen LogP contribution in [0.2, 0.25) is 0 Å². The number of rotatable bonds is 22. The minimum atomic E-state index is -1.33. The highest BCUT2D eigenvalue weighted by Crippen LogP contribution is 2.38. The van der Waals surface area contributed by atoms with E-state index in [0.717, 1.165) is 40.3 Å². The third-order valence-electron chi connectivity index (χ3n) is 11.5. The summed E-state index contributed by atoms with van der Waals surface area (Å²) in [5.41, 5.74) is 17.8. The van der Waals surface area contributed by atoms with Crippen LogP contribution < -0.4 is 49.1 Å². The Morgan fingerprint density at radius 2 is 1.28 bits per heavy atom. The van der Waals surface area contributed by atoms with Crippen molar-refractivity contribution in [3.63, 3.8) is 0 Å². The van der Waals surface area contributed by atoms with Gasteiger partial charge in [0.25, 0.3) is 0 Å². The van der Waals surface area contributed by atoms with Crippen LogP contribution in [0.3, 0.4) is 0 Å². The number of carbonyl (C=O) groups excluding carboxylic acids is 6. The van der Waals surface area contributed by atoms with Crippen LogP contribution in [0.5, 0.6) is 0 Å². The molecule has 0 aromatic heterocycles. The van der Waals surface area contributed by atoms with Gasteiger partial charge >= 0.3 is 6.03 Å². The molecule has 64 heavy (non-hydrogen) atoms. The monoisotopic (exact) mass is 874 g/mol. The molecule has 16 heteroatoms. The highest BCUT2D eigenvalue weighted by atomic mass is 16.2. The summed E-state index contributed by atoms with van der Waals surface area (Å²) in [5.74, 6) is -3.25. The van der Waals surface area contributed by atoms with Crippen LogP contribution >= 0.6 is 0 Å². The fraction of sp³-hybridized carbons (Fsp3) is 0.396. The highest BCUT2D eigenvalue weighted by Gasteiger charge is 2.45. The lowest BCUT2D eigenvalue weighted by atomic mass is 9.73.